The molecule has 0 unspecified atom stereocenters. The Morgan fingerprint density at radius 3 is 2.30 bits per heavy atom. The van der Waals surface area contributed by atoms with Crippen molar-refractivity contribution < 1.29 is 22.8 Å². The van der Waals surface area contributed by atoms with Gasteiger partial charge < -0.3 is 5.73 Å². The number of nitrogens with two attached hydrogens (primary N) is 1. The minimum Gasteiger partial charge on any atom is -0.399 e. The molecule has 2 aromatic carbocycles. The lowest BCUT2D eigenvalue weighted by Gasteiger charge is -2.16. The lowest BCUT2D eigenvalue weighted by molar-refractivity contribution is -0.133. The normalized spacial score (nSPS) is 12.5. The molecular weight excluding hydrogens is 409 g/mol. The molecule has 30 heavy (non-hydrogen) atoms. The number of halogens is 1. The van der Waals surface area contributed by atoms with Crippen LogP contribution < -0.4 is 15.9 Å². The molecule has 0 aliphatic carbocycles. The summed E-state index contributed by atoms with van der Waals surface area (Å²) in [6.45, 7) is 3.55. The average Bonchev–Trinajstić information content (AvgIpc) is 2.70. The first kappa shape index (κ1) is 23.8. The second kappa shape index (κ2) is 10.5. The van der Waals surface area contributed by atoms with Crippen LogP contribution in [-0.2, 0) is 21.2 Å². The van der Waals surface area contributed by atoms with E-state index in [4.69, 9.17) is 10.9 Å². The zero-order valence-corrected chi connectivity index (χ0v) is 17.9. The molecule has 0 spiro atoms. The van der Waals surface area contributed by atoms with Gasteiger partial charge in [0.2, 0.25) is 15.9 Å². The molecule has 0 aliphatic rings. The fourth-order valence-electron chi connectivity index (χ4n) is 3.31. The minimum absolute atomic E-state index is 0.135. The fourth-order valence-corrected chi connectivity index (χ4v) is 4.38. The van der Waals surface area contributed by atoms with Crippen LogP contribution in [0.2, 0.25) is 0 Å². The largest absolute Gasteiger partial charge is 0.399 e. The first-order valence-corrected chi connectivity index (χ1v) is 11.2. The zero-order valence-electron chi connectivity index (χ0n) is 17.1. The summed E-state index contributed by atoms with van der Waals surface area (Å²) in [5.41, 5.74) is 9.55. The van der Waals surface area contributed by atoms with Gasteiger partial charge in [0, 0.05) is 18.2 Å². The Bertz CT molecular complexity index is 955. The van der Waals surface area contributed by atoms with Crippen LogP contribution in [0.3, 0.4) is 0 Å². The van der Waals surface area contributed by atoms with Crippen LogP contribution >= 0.6 is 0 Å². The highest BCUT2D eigenvalue weighted by Gasteiger charge is 2.20. The summed E-state index contributed by atoms with van der Waals surface area (Å²) in [5.74, 6) is -1.29. The number of hydrogen-bond donors (Lipinski definition) is 4. The molecule has 0 bridgehead atoms. The summed E-state index contributed by atoms with van der Waals surface area (Å²) in [6, 6.07) is 9.30. The van der Waals surface area contributed by atoms with E-state index in [0.29, 0.717) is 42.5 Å². The van der Waals surface area contributed by atoms with E-state index < -0.39 is 21.8 Å². The predicted octanol–water partition coefficient (Wildman–Crippen LogP) is 2.84. The van der Waals surface area contributed by atoms with E-state index in [2.05, 4.69) is 4.72 Å². The Labute approximate surface area is 176 Å². The van der Waals surface area contributed by atoms with Crippen LogP contribution in [0.25, 0.3) is 0 Å². The predicted molar refractivity (Wildman–Crippen MR) is 113 cm³/mol. The molecule has 2 aromatic rings. The quantitative estimate of drug-likeness (QED) is 0.197. The topological polar surface area (TPSA) is 122 Å². The Morgan fingerprint density at radius 1 is 1.13 bits per heavy atom. The molecule has 0 saturated carbocycles. The highest BCUT2D eigenvalue weighted by atomic mass is 32.2. The molecule has 164 valence electrons. The van der Waals surface area contributed by atoms with Crippen molar-refractivity contribution in [2.45, 2.75) is 44.4 Å². The molecule has 1 amide bonds. The van der Waals surface area contributed by atoms with E-state index in [-0.39, 0.29) is 17.3 Å². The third kappa shape index (κ3) is 6.51. The van der Waals surface area contributed by atoms with Crippen molar-refractivity contribution in [1.29, 1.82) is 0 Å². The van der Waals surface area contributed by atoms with Gasteiger partial charge in [0.1, 0.15) is 5.82 Å². The first-order chi connectivity index (χ1) is 14.1. The number of nitrogens with one attached hydrogen (secondary N) is 2. The minimum atomic E-state index is -3.62. The average molecular weight is 438 g/mol. The van der Waals surface area contributed by atoms with Crippen LogP contribution in [0.15, 0.2) is 41.3 Å². The second-order valence-electron chi connectivity index (χ2n) is 7.38. The number of benzene rings is 2. The third-order valence-corrected chi connectivity index (χ3v) is 6.40. The van der Waals surface area contributed by atoms with Gasteiger partial charge in [-0.15, -0.1) is 0 Å². The zero-order chi connectivity index (χ0) is 22.3. The van der Waals surface area contributed by atoms with Gasteiger partial charge in [-0.05, 0) is 74.1 Å². The maximum Gasteiger partial charge on any atom is 0.246 e. The molecular formula is C21H28FN3O4S. The van der Waals surface area contributed by atoms with Crippen molar-refractivity contribution >= 4 is 21.6 Å². The van der Waals surface area contributed by atoms with Gasteiger partial charge in [-0.3, -0.25) is 10.0 Å². The van der Waals surface area contributed by atoms with Gasteiger partial charge in [-0.25, -0.2) is 23.0 Å². The van der Waals surface area contributed by atoms with E-state index in [1.165, 1.54) is 24.3 Å². The number of hydroxylamine groups is 1. The standard InChI is InChI=1S/C21H28FN3O4S/c1-14-11-16(12-15(2)20(14)22)13-17(21(26)25-27)5-3-4-10-24-30(28,29)19-8-6-18(23)7-9-19/h6-9,11-12,17,24,27H,3-5,10,13,23H2,1-2H3,(H,25,26)/t17-/m0/s1. The SMILES string of the molecule is Cc1cc(C[C@H](CCCCNS(=O)(=O)c2ccc(N)cc2)C(=O)NO)cc(C)c1F. The van der Waals surface area contributed by atoms with Crippen molar-refractivity contribution in [1.82, 2.24) is 10.2 Å². The molecule has 5 N–H and O–H groups in total. The van der Waals surface area contributed by atoms with Crippen LogP contribution in [0.1, 0.15) is 36.0 Å². The number of rotatable bonds is 10. The molecule has 0 aliphatic heterocycles. The fraction of sp³-hybridized carbons (Fsp3) is 0.381. The maximum atomic E-state index is 13.8. The molecule has 0 fully saturated rings. The number of nitrogen functional groups attached to an aromatic ring is 1. The summed E-state index contributed by atoms with van der Waals surface area (Å²) < 4.78 is 40.8. The van der Waals surface area contributed by atoms with Crippen LogP contribution in [-0.4, -0.2) is 26.1 Å². The molecule has 0 aromatic heterocycles. The Kier molecular flexibility index (Phi) is 8.33. The van der Waals surface area contributed by atoms with E-state index >= 15 is 0 Å². The van der Waals surface area contributed by atoms with Gasteiger partial charge in [0.15, 0.2) is 0 Å². The summed E-state index contributed by atoms with van der Waals surface area (Å²) in [5, 5.41) is 9.03. The second-order valence-corrected chi connectivity index (χ2v) is 9.15. The summed E-state index contributed by atoms with van der Waals surface area (Å²) in [7, 11) is -3.62. The maximum absolute atomic E-state index is 13.8. The van der Waals surface area contributed by atoms with E-state index in [0.717, 1.165) is 5.56 Å². The number of unbranched alkanes of at least 4 members (excludes halogenated alkanes) is 1. The van der Waals surface area contributed by atoms with Crippen molar-refractivity contribution in [2.75, 3.05) is 12.3 Å². The van der Waals surface area contributed by atoms with Crippen molar-refractivity contribution in [3.8, 4) is 0 Å². The van der Waals surface area contributed by atoms with Gasteiger partial charge >= 0.3 is 0 Å². The smallest absolute Gasteiger partial charge is 0.246 e. The number of sulfonamides is 1. The van der Waals surface area contributed by atoms with E-state index in [9.17, 15) is 17.6 Å². The Hall–Kier alpha value is -2.49. The Morgan fingerprint density at radius 2 is 1.73 bits per heavy atom. The highest BCUT2D eigenvalue weighted by Crippen LogP contribution is 2.20. The Balaban J connectivity index is 1.89. The number of hydrogen-bond acceptors (Lipinski definition) is 5. The van der Waals surface area contributed by atoms with Crippen molar-refractivity contribution in [3.63, 3.8) is 0 Å². The highest BCUT2D eigenvalue weighted by molar-refractivity contribution is 7.89. The van der Waals surface area contributed by atoms with Crippen LogP contribution in [0, 0.1) is 25.6 Å². The number of carbonyl (C=O) groups is 1. The molecule has 9 heteroatoms. The summed E-state index contributed by atoms with van der Waals surface area (Å²) in [4.78, 5) is 12.2. The molecule has 1 atom stereocenters. The molecule has 2 rings (SSSR count). The number of aryl methyl sites for hydroxylation is 2. The van der Waals surface area contributed by atoms with Gasteiger partial charge in [0.25, 0.3) is 0 Å². The molecule has 0 heterocycles. The van der Waals surface area contributed by atoms with E-state index in [1.54, 1.807) is 31.5 Å². The molecule has 0 saturated heterocycles. The summed E-state index contributed by atoms with van der Waals surface area (Å²) >= 11 is 0. The number of amides is 1. The molecule has 0 radical (unpaired) electrons. The monoisotopic (exact) mass is 437 g/mol. The van der Waals surface area contributed by atoms with Crippen molar-refractivity contribution in [3.05, 3.63) is 58.9 Å². The third-order valence-electron chi connectivity index (χ3n) is 4.92. The molecule has 7 nitrogen and oxygen atoms in total. The van der Waals surface area contributed by atoms with Gasteiger partial charge in [-0.1, -0.05) is 18.6 Å². The van der Waals surface area contributed by atoms with Crippen LogP contribution in [0.5, 0.6) is 0 Å². The van der Waals surface area contributed by atoms with Gasteiger partial charge in [-0.2, -0.15) is 0 Å². The van der Waals surface area contributed by atoms with Crippen molar-refractivity contribution in [2.24, 2.45) is 5.92 Å². The number of anilines is 1. The first-order valence-electron chi connectivity index (χ1n) is 9.69. The van der Waals surface area contributed by atoms with E-state index in [1.807, 2.05) is 0 Å². The lowest BCUT2D eigenvalue weighted by Crippen LogP contribution is -2.30. The lowest BCUT2D eigenvalue weighted by atomic mass is 9.92. The van der Waals surface area contributed by atoms with Gasteiger partial charge in [0.05, 0.1) is 4.90 Å². The summed E-state index contributed by atoms with van der Waals surface area (Å²) in [6.07, 6.45) is 1.89. The van der Waals surface area contributed by atoms with Crippen LogP contribution in [0.4, 0.5) is 10.1 Å². The number of carbonyl (C=O) groups excluding carboxylic acids is 1.